The summed E-state index contributed by atoms with van der Waals surface area (Å²) in [5, 5.41) is 108. The molecule has 200 valence electrons. The first-order chi connectivity index (χ1) is 16.0. The number of rotatable bonds is 7. The van der Waals surface area contributed by atoms with Crippen LogP contribution < -0.4 is 0 Å². The van der Waals surface area contributed by atoms with Crippen LogP contribution in [0.25, 0.3) is 0 Å². The van der Waals surface area contributed by atoms with Crippen LogP contribution in [0.3, 0.4) is 0 Å². The van der Waals surface area contributed by atoms with Gasteiger partial charge in [-0.15, -0.1) is 0 Å². The van der Waals surface area contributed by atoms with E-state index in [1.807, 2.05) is 0 Å². The summed E-state index contributed by atoms with van der Waals surface area (Å²) in [5.74, 6) is 0. The molecule has 34 heavy (non-hydrogen) atoms. The number of aliphatic hydroxyl groups excluding tert-OH is 11. The maximum absolute atomic E-state index is 10.2. The topological polar surface area (TPSA) is 269 Å². The van der Waals surface area contributed by atoms with E-state index in [0.29, 0.717) is 0 Å². The Morgan fingerprint density at radius 2 is 0.824 bits per heavy atom. The van der Waals surface area contributed by atoms with Crippen LogP contribution >= 0.6 is 0 Å². The first kappa shape index (κ1) is 27.9. The zero-order chi connectivity index (χ0) is 25.3. The Kier molecular flexibility index (Phi) is 9.54. The monoisotopic (exact) mass is 504 g/mol. The Balaban J connectivity index is 1.58. The molecular formula is C18H32O16. The molecule has 16 nitrogen and oxygen atoms in total. The van der Waals surface area contributed by atoms with E-state index in [2.05, 4.69) is 0 Å². The molecule has 11 N–H and O–H groups in total. The third-order valence-corrected chi connectivity index (χ3v) is 6.05. The molecule has 3 rings (SSSR count). The second-order valence-electron chi connectivity index (χ2n) is 8.42. The van der Waals surface area contributed by atoms with Crippen LogP contribution in [0, 0.1) is 0 Å². The molecule has 0 bridgehead atoms. The fourth-order valence-corrected chi connectivity index (χ4v) is 3.84. The molecule has 15 atom stereocenters. The van der Waals surface area contributed by atoms with Crippen LogP contribution in [0.5, 0.6) is 0 Å². The summed E-state index contributed by atoms with van der Waals surface area (Å²) in [4.78, 5) is 0. The molecule has 3 fully saturated rings. The van der Waals surface area contributed by atoms with E-state index in [4.69, 9.17) is 23.7 Å². The zero-order valence-electron chi connectivity index (χ0n) is 17.7. The lowest BCUT2D eigenvalue weighted by molar-refractivity contribution is -0.340. The van der Waals surface area contributed by atoms with Crippen molar-refractivity contribution in [3.8, 4) is 0 Å². The van der Waals surface area contributed by atoms with Crippen LogP contribution in [0.4, 0.5) is 0 Å². The van der Waals surface area contributed by atoms with Crippen LogP contribution in [0.2, 0.25) is 0 Å². The first-order valence-corrected chi connectivity index (χ1v) is 10.6. The molecule has 3 saturated heterocycles. The summed E-state index contributed by atoms with van der Waals surface area (Å²) in [5.41, 5.74) is 0. The minimum atomic E-state index is -1.82. The summed E-state index contributed by atoms with van der Waals surface area (Å²) in [6, 6.07) is 0. The van der Waals surface area contributed by atoms with Gasteiger partial charge in [0.1, 0.15) is 73.2 Å². The molecule has 0 saturated carbocycles. The molecule has 3 aliphatic heterocycles. The first-order valence-electron chi connectivity index (χ1n) is 10.6. The molecule has 16 heteroatoms. The smallest absolute Gasteiger partial charge is 0.186 e. The van der Waals surface area contributed by atoms with E-state index in [0.717, 1.165) is 0 Å². The van der Waals surface area contributed by atoms with Crippen molar-refractivity contribution < 1.29 is 79.9 Å². The molecule has 0 unspecified atom stereocenters. The normalized spacial score (nSPS) is 52.5. The highest BCUT2D eigenvalue weighted by Crippen LogP contribution is 2.27. The van der Waals surface area contributed by atoms with Gasteiger partial charge in [0.2, 0.25) is 0 Å². The van der Waals surface area contributed by atoms with Gasteiger partial charge in [0.15, 0.2) is 18.9 Å². The lowest BCUT2D eigenvalue weighted by Gasteiger charge is -2.43. The fourth-order valence-electron chi connectivity index (χ4n) is 3.84. The summed E-state index contributed by atoms with van der Waals surface area (Å²) in [6.07, 6.45) is -24.4. The Morgan fingerprint density at radius 1 is 0.441 bits per heavy atom. The predicted molar refractivity (Wildman–Crippen MR) is 101 cm³/mol. The summed E-state index contributed by atoms with van der Waals surface area (Å²) >= 11 is 0. The van der Waals surface area contributed by atoms with Crippen molar-refractivity contribution in [2.24, 2.45) is 0 Å². The minimum Gasteiger partial charge on any atom is -0.394 e. The van der Waals surface area contributed by atoms with E-state index in [1.54, 1.807) is 0 Å². The highest BCUT2D eigenvalue weighted by atomic mass is 16.7. The van der Waals surface area contributed by atoms with Gasteiger partial charge in [0, 0.05) is 0 Å². The Labute approximate surface area is 192 Å². The van der Waals surface area contributed by atoms with E-state index in [-0.39, 0.29) is 0 Å². The summed E-state index contributed by atoms with van der Waals surface area (Å²) in [7, 11) is 0. The van der Waals surface area contributed by atoms with Gasteiger partial charge in [-0.3, -0.25) is 0 Å². The Morgan fingerprint density at radius 3 is 1.29 bits per heavy atom. The van der Waals surface area contributed by atoms with Gasteiger partial charge in [-0.2, -0.15) is 0 Å². The van der Waals surface area contributed by atoms with Crippen molar-refractivity contribution >= 4 is 0 Å². The minimum absolute atomic E-state index is 0.570. The maximum Gasteiger partial charge on any atom is 0.186 e. The molecule has 0 aromatic heterocycles. The van der Waals surface area contributed by atoms with Gasteiger partial charge in [0.05, 0.1) is 19.8 Å². The van der Waals surface area contributed by atoms with Crippen molar-refractivity contribution in [3.05, 3.63) is 0 Å². The average Bonchev–Trinajstić information content (AvgIpc) is 2.82. The standard InChI is InChI=1S/C18H32O16/c19-1-4-7(20)11(24)14(27)17(33-4)31-3-6-9(22)12(25)15(28)18(34-6)30-2-5-8(21)10(23)13(26)16(29)32-5/h4-29H,1-3H2/t4-,5-,6-,7-,8+,9+,10+,11+,12+,13+,14-,15-,16-,17-,18-/m0/s1. The van der Waals surface area contributed by atoms with Gasteiger partial charge in [-0.25, -0.2) is 0 Å². The number of hydrogen-bond donors (Lipinski definition) is 11. The SMILES string of the molecule is OC[C@@H]1O[C@H](OC[C@@H]2O[C@H](OC[C@@H]3O[C@H](O)[C@H](O)[C@H](O)[C@@H]3O)[C@@H](O)[C@H](O)[C@@H]2O)[C@@H](O)[C@H](O)[C@H]1O. The van der Waals surface area contributed by atoms with E-state index in [9.17, 15) is 56.2 Å². The largest absolute Gasteiger partial charge is 0.394 e. The molecule has 0 aromatic carbocycles. The second kappa shape index (κ2) is 11.6. The van der Waals surface area contributed by atoms with Crippen molar-refractivity contribution in [1.82, 2.24) is 0 Å². The maximum atomic E-state index is 10.2. The molecule has 0 spiro atoms. The molecule has 3 heterocycles. The predicted octanol–water partition coefficient (Wildman–Crippen LogP) is -7.57. The van der Waals surface area contributed by atoms with Crippen LogP contribution in [-0.4, -0.2) is 168 Å². The van der Waals surface area contributed by atoms with Gasteiger partial charge in [0.25, 0.3) is 0 Å². The van der Waals surface area contributed by atoms with Crippen molar-refractivity contribution in [2.45, 2.75) is 92.1 Å². The molecular weight excluding hydrogens is 472 g/mol. The van der Waals surface area contributed by atoms with Gasteiger partial charge in [-0.1, -0.05) is 0 Å². The number of hydrogen-bond acceptors (Lipinski definition) is 16. The Hall–Kier alpha value is -0.640. The van der Waals surface area contributed by atoms with E-state index in [1.165, 1.54) is 0 Å². The van der Waals surface area contributed by atoms with Crippen LogP contribution in [0.15, 0.2) is 0 Å². The lowest BCUT2D eigenvalue weighted by Crippen LogP contribution is -2.62. The van der Waals surface area contributed by atoms with E-state index < -0.39 is 112 Å². The lowest BCUT2D eigenvalue weighted by atomic mass is 9.98. The van der Waals surface area contributed by atoms with Gasteiger partial charge in [-0.05, 0) is 0 Å². The fraction of sp³-hybridized carbons (Fsp3) is 1.00. The van der Waals surface area contributed by atoms with Crippen molar-refractivity contribution in [2.75, 3.05) is 19.8 Å². The molecule has 0 aromatic rings. The van der Waals surface area contributed by atoms with Crippen molar-refractivity contribution in [3.63, 3.8) is 0 Å². The molecule has 0 radical (unpaired) electrons. The molecule has 0 amide bonds. The quantitative estimate of drug-likeness (QED) is 0.154. The third kappa shape index (κ3) is 5.68. The highest BCUT2D eigenvalue weighted by molar-refractivity contribution is 4.92. The number of aliphatic hydroxyl groups is 11. The van der Waals surface area contributed by atoms with E-state index >= 15 is 0 Å². The average molecular weight is 504 g/mol. The van der Waals surface area contributed by atoms with Crippen molar-refractivity contribution in [1.29, 1.82) is 0 Å². The van der Waals surface area contributed by atoms with Crippen LogP contribution in [0.1, 0.15) is 0 Å². The zero-order valence-corrected chi connectivity index (χ0v) is 17.7. The number of ether oxygens (including phenoxy) is 5. The third-order valence-electron chi connectivity index (χ3n) is 6.05. The van der Waals surface area contributed by atoms with Gasteiger partial charge >= 0.3 is 0 Å². The summed E-state index contributed by atoms with van der Waals surface area (Å²) in [6.45, 7) is -1.84. The summed E-state index contributed by atoms with van der Waals surface area (Å²) < 4.78 is 26.1. The second-order valence-corrected chi connectivity index (χ2v) is 8.42. The Bertz CT molecular complexity index is 639. The van der Waals surface area contributed by atoms with Crippen LogP contribution in [-0.2, 0) is 23.7 Å². The highest BCUT2D eigenvalue weighted by Gasteiger charge is 2.48. The van der Waals surface area contributed by atoms with Gasteiger partial charge < -0.3 is 79.9 Å². The molecule has 3 aliphatic rings. The molecule has 0 aliphatic carbocycles.